The fourth-order valence-electron chi connectivity index (χ4n) is 4.28. The smallest absolute Gasteiger partial charge is 0.339 e. The summed E-state index contributed by atoms with van der Waals surface area (Å²) in [7, 11) is 0. The first-order chi connectivity index (χ1) is 14.3. The maximum absolute atomic E-state index is 12.6. The summed E-state index contributed by atoms with van der Waals surface area (Å²) in [4.78, 5) is 37.9. The Labute approximate surface area is 173 Å². The zero-order valence-electron chi connectivity index (χ0n) is 17.4. The van der Waals surface area contributed by atoms with Gasteiger partial charge in [0.25, 0.3) is 0 Å². The molecule has 0 radical (unpaired) electrons. The fraction of sp³-hybridized carbons (Fsp3) is 0.435. The molecule has 1 aromatic carbocycles. The van der Waals surface area contributed by atoms with Gasteiger partial charge in [0, 0.05) is 41.9 Å². The predicted octanol–water partition coefficient (Wildman–Crippen LogP) is 3.72. The molecule has 4 rings (SSSR count). The lowest BCUT2D eigenvalue weighted by Gasteiger charge is -2.30. The normalized spacial score (nSPS) is 15.2. The molecule has 1 fully saturated rings. The summed E-state index contributed by atoms with van der Waals surface area (Å²) < 4.78 is 11.3. The van der Waals surface area contributed by atoms with Crippen LogP contribution in [0.15, 0.2) is 25.8 Å². The number of rotatable bonds is 4. The van der Waals surface area contributed by atoms with Crippen LogP contribution in [-0.4, -0.2) is 35.0 Å². The summed E-state index contributed by atoms with van der Waals surface area (Å²) in [6, 6.07) is 3.73. The molecule has 1 amide bonds. The van der Waals surface area contributed by atoms with Crippen molar-refractivity contribution in [3.8, 4) is 0 Å². The molecular formula is C23H25NO6. The van der Waals surface area contributed by atoms with Crippen LogP contribution in [0, 0.1) is 26.7 Å². The number of nitrogens with zero attached hydrogens (tertiary/aromatic N) is 1. The van der Waals surface area contributed by atoms with Crippen molar-refractivity contribution in [2.24, 2.45) is 5.92 Å². The first kappa shape index (κ1) is 20.2. The van der Waals surface area contributed by atoms with Crippen LogP contribution >= 0.6 is 0 Å². The van der Waals surface area contributed by atoms with E-state index in [0.717, 1.165) is 27.7 Å². The van der Waals surface area contributed by atoms with Gasteiger partial charge in [-0.05, 0) is 57.2 Å². The first-order valence-corrected chi connectivity index (χ1v) is 10.2. The zero-order valence-corrected chi connectivity index (χ0v) is 17.4. The molecule has 7 heteroatoms. The monoisotopic (exact) mass is 411 g/mol. The number of hydrogen-bond donors (Lipinski definition) is 1. The molecule has 30 heavy (non-hydrogen) atoms. The van der Waals surface area contributed by atoms with Gasteiger partial charge in [-0.25, -0.2) is 4.79 Å². The van der Waals surface area contributed by atoms with Crippen LogP contribution in [0.4, 0.5) is 0 Å². The van der Waals surface area contributed by atoms with Crippen molar-refractivity contribution in [3.05, 3.63) is 45.0 Å². The molecule has 0 spiro atoms. The molecule has 158 valence electrons. The van der Waals surface area contributed by atoms with Gasteiger partial charge < -0.3 is 18.8 Å². The van der Waals surface area contributed by atoms with Crippen molar-refractivity contribution in [2.45, 2.75) is 46.5 Å². The summed E-state index contributed by atoms with van der Waals surface area (Å²) in [5.41, 5.74) is 3.11. The Morgan fingerprint density at radius 1 is 1.03 bits per heavy atom. The Kier molecular flexibility index (Phi) is 5.13. The second-order valence-electron chi connectivity index (χ2n) is 8.11. The summed E-state index contributed by atoms with van der Waals surface area (Å²) in [6.45, 7) is 6.66. The summed E-state index contributed by atoms with van der Waals surface area (Å²) in [5, 5.41) is 10.9. The van der Waals surface area contributed by atoms with E-state index in [2.05, 4.69) is 0 Å². The summed E-state index contributed by atoms with van der Waals surface area (Å²) in [6.07, 6.45) is 1.43. The Balaban J connectivity index is 1.56. The van der Waals surface area contributed by atoms with Gasteiger partial charge in [0.05, 0.1) is 5.92 Å². The van der Waals surface area contributed by atoms with Crippen molar-refractivity contribution in [2.75, 3.05) is 13.1 Å². The number of piperidine rings is 1. The van der Waals surface area contributed by atoms with Gasteiger partial charge in [-0.3, -0.25) is 9.59 Å². The Morgan fingerprint density at radius 2 is 1.67 bits per heavy atom. The molecule has 0 aliphatic carbocycles. The first-order valence-electron chi connectivity index (χ1n) is 10.2. The number of fused-ring (bicyclic) bond motifs is 2. The Morgan fingerprint density at radius 3 is 2.33 bits per heavy atom. The van der Waals surface area contributed by atoms with Crippen LogP contribution in [0.25, 0.3) is 21.9 Å². The number of furan rings is 1. The van der Waals surface area contributed by atoms with Gasteiger partial charge in [-0.15, -0.1) is 0 Å². The van der Waals surface area contributed by atoms with E-state index in [1.165, 1.54) is 0 Å². The van der Waals surface area contributed by atoms with Gasteiger partial charge in [0.1, 0.15) is 16.9 Å². The molecule has 0 saturated carbocycles. The van der Waals surface area contributed by atoms with E-state index >= 15 is 0 Å². The number of carboxylic acids is 1. The van der Waals surface area contributed by atoms with Crippen molar-refractivity contribution in [1.29, 1.82) is 0 Å². The number of hydrogen-bond acceptors (Lipinski definition) is 5. The maximum Gasteiger partial charge on any atom is 0.339 e. The number of amides is 1. The van der Waals surface area contributed by atoms with Crippen LogP contribution < -0.4 is 5.63 Å². The molecule has 7 nitrogen and oxygen atoms in total. The number of benzene rings is 1. The SMILES string of the molecule is Cc1oc2cc3oc(=O)c(CCC(=O)N4CCC(C(=O)O)CC4)c(C)c3cc2c1C. The molecule has 1 aliphatic heterocycles. The van der Waals surface area contributed by atoms with E-state index < -0.39 is 11.6 Å². The standard InChI is InChI=1S/C23H25NO6/c1-12-14(3)29-19-11-20-18(10-17(12)19)13(2)16(23(28)30-20)4-5-21(25)24-8-6-15(7-9-24)22(26)27/h10-11,15H,4-9H2,1-3H3,(H,26,27). The molecule has 3 heterocycles. The van der Waals surface area contributed by atoms with E-state index in [1.54, 1.807) is 11.0 Å². The second-order valence-corrected chi connectivity index (χ2v) is 8.11. The third kappa shape index (κ3) is 3.49. The minimum atomic E-state index is -0.802. The number of carboxylic acid groups (broad SMARTS) is 1. The average molecular weight is 411 g/mol. The van der Waals surface area contributed by atoms with E-state index in [0.29, 0.717) is 49.1 Å². The molecular weight excluding hydrogens is 386 g/mol. The topological polar surface area (TPSA) is 101 Å². The fourth-order valence-corrected chi connectivity index (χ4v) is 4.28. The van der Waals surface area contributed by atoms with Crippen molar-refractivity contribution >= 4 is 33.8 Å². The Bertz CT molecular complexity index is 1210. The van der Waals surface area contributed by atoms with Crippen molar-refractivity contribution in [3.63, 3.8) is 0 Å². The lowest BCUT2D eigenvalue weighted by Crippen LogP contribution is -2.40. The number of carbonyl (C=O) groups excluding carboxylic acids is 1. The van der Waals surface area contributed by atoms with Crippen molar-refractivity contribution in [1.82, 2.24) is 4.90 Å². The third-order valence-corrected chi connectivity index (χ3v) is 6.37. The van der Waals surface area contributed by atoms with Gasteiger partial charge in [0.2, 0.25) is 5.91 Å². The highest BCUT2D eigenvalue weighted by Crippen LogP contribution is 2.31. The molecule has 3 aromatic rings. The van der Waals surface area contributed by atoms with E-state index in [1.807, 2.05) is 26.8 Å². The van der Waals surface area contributed by atoms with Crippen LogP contribution in [0.2, 0.25) is 0 Å². The lowest BCUT2D eigenvalue weighted by atomic mass is 9.96. The number of likely N-dealkylation sites (tertiary alicyclic amines) is 1. The summed E-state index contributed by atoms with van der Waals surface area (Å²) >= 11 is 0. The minimum Gasteiger partial charge on any atom is -0.481 e. The summed E-state index contributed by atoms with van der Waals surface area (Å²) in [5.74, 6) is -0.411. The largest absolute Gasteiger partial charge is 0.481 e. The van der Waals surface area contributed by atoms with E-state index in [4.69, 9.17) is 13.9 Å². The van der Waals surface area contributed by atoms with Crippen LogP contribution in [0.1, 0.15) is 41.7 Å². The highest BCUT2D eigenvalue weighted by atomic mass is 16.4. The van der Waals surface area contributed by atoms with E-state index in [-0.39, 0.29) is 18.2 Å². The average Bonchev–Trinajstić information content (AvgIpc) is 2.99. The number of aryl methyl sites for hydroxylation is 3. The van der Waals surface area contributed by atoms with Gasteiger partial charge in [0.15, 0.2) is 0 Å². The number of carbonyl (C=O) groups is 2. The quantitative estimate of drug-likeness (QED) is 0.657. The van der Waals surface area contributed by atoms with E-state index in [9.17, 15) is 14.4 Å². The highest BCUT2D eigenvalue weighted by molar-refractivity contribution is 5.96. The minimum absolute atomic E-state index is 0.0607. The maximum atomic E-state index is 12.6. The number of aliphatic carboxylic acids is 1. The molecule has 0 bridgehead atoms. The van der Waals surface area contributed by atoms with Gasteiger partial charge in [-0.1, -0.05) is 0 Å². The van der Waals surface area contributed by atoms with Crippen LogP contribution in [0.3, 0.4) is 0 Å². The molecule has 0 atom stereocenters. The Hall–Kier alpha value is -3.09. The lowest BCUT2D eigenvalue weighted by molar-refractivity contribution is -0.145. The third-order valence-electron chi connectivity index (χ3n) is 6.37. The van der Waals surface area contributed by atoms with Crippen LogP contribution in [0.5, 0.6) is 0 Å². The second kappa shape index (κ2) is 7.63. The molecule has 1 N–H and O–H groups in total. The molecule has 2 aromatic heterocycles. The molecule has 1 saturated heterocycles. The van der Waals surface area contributed by atoms with Crippen molar-refractivity contribution < 1.29 is 23.5 Å². The highest BCUT2D eigenvalue weighted by Gasteiger charge is 2.27. The zero-order chi connectivity index (χ0) is 21.6. The van der Waals surface area contributed by atoms with Gasteiger partial charge >= 0.3 is 11.6 Å². The van der Waals surface area contributed by atoms with Crippen LogP contribution in [-0.2, 0) is 16.0 Å². The molecule has 1 aliphatic rings. The predicted molar refractivity (Wildman–Crippen MR) is 112 cm³/mol. The molecule has 0 unspecified atom stereocenters. The van der Waals surface area contributed by atoms with Gasteiger partial charge in [-0.2, -0.15) is 0 Å².